The number of nitrogens with one attached hydrogen (secondary N) is 1. The summed E-state index contributed by atoms with van der Waals surface area (Å²) in [5, 5.41) is 12.8. The van der Waals surface area contributed by atoms with Crippen LogP contribution in [0.5, 0.6) is 11.5 Å². The van der Waals surface area contributed by atoms with E-state index in [-0.39, 0.29) is 17.6 Å². The molecule has 6 nitrogen and oxygen atoms in total. The highest BCUT2D eigenvalue weighted by atomic mass is 16.5. The summed E-state index contributed by atoms with van der Waals surface area (Å²) in [4.78, 5) is 18.9. The highest BCUT2D eigenvalue weighted by Gasteiger charge is 2.25. The highest BCUT2D eigenvalue weighted by Crippen LogP contribution is 2.27. The van der Waals surface area contributed by atoms with Crippen molar-refractivity contribution in [2.75, 3.05) is 25.5 Å². The molecule has 1 amide bonds. The summed E-state index contributed by atoms with van der Waals surface area (Å²) >= 11 is 0. The minimum absolute atomic E-state index is 0.0126. The average molecular weight is 355 g/mol. The number of hydrogen-bond acceptors (Lipinski definition) is 5. The lowest BCUT2D eigenvalue weighted by atomic mass is 9.95. The fourth-order valence-corrected chi connectivity index (χ4v) is 3.22. The SMILES string of the molecule is COc1ccc(CN2CCC(C(=O)Nc3ccc(C)cn3)CC2)cc1O. The maximum Gasteiger partial charge on any atom is 0.228 e. The van der Waals surface area contributed by atoms with Crippen molar-refractivity contribution < 1.29 is 14.6 Å². The summed E-state index contributed by atoms with van der Waals surface area (Å²) in [6, 6.07) is 9.24. The molecule has 3 rings (SSSR count). The summed E-state index contributed by atoms with van der Waals surface area (Å²) in [6.07, 6.45) is 3.39. The highest BCUT2D eigenvalue weighted by molar-refractivity contribution is 5.91. The van der Waals surface area contributed by atoms with Crippen molar-refractivity contribution in [3.05, 3.63) is 47.7 Å². The van der Waals surface area contributed by atoms with Gasteiger partial charge in [-0.15, -0.1) is 0 Å². The number of benzene rings is 1. The van der Waals surface area contributed by atoms with Gasteiger partial charge in [-0.3, -0.25) is 9.69 Å². The van der Waals surface area contributed by atoms with Crippen molar-refractivity contribution in [2.45, 2.75) is 26.3 Å². The zero-order chi connectivity index (χ0) is 18.5. The fourth-order valence-electron chi connectivity index (χ4n) is 3.22. The van der Waals surface area contributed by atoms with E-state index in [2.05, 4.69) is 15.2 Å². The number of phenolic OH excluding ortho intramolecular Hbond substituents is 1. The van der Waals surface area contributed by atoms with Gasteiger partial charge in [0.25, 0.3) is 0 Å². The molecule has 0 radical (unpaired) electrons. The number of ether oxygens (including phenoxy) is 1. The minimum Gasteiger partial charge on any atom is -0.504 e. The molecule has 1 saturated heterocycles. The van der Waals surface area contributed by atoms with E-state index in [9.17, 15) is 9.90 Å². The molecule has 0 unspecified atom stereocenters. The van der Waals surface area contributed by atoms with Crippen molar-refractivity contribution >= 4 is 11.7 Å². The van der Waals surface area contributed by atoms with Crippen LogP contribution in [0.1, 0.15) is 24.0 Å². The Labute approximate surface area is 153 Å². The van der Waals surface area contributed by atoms with Gasteiger partial charge in [-0.25, -0.2) is 4.98 Å². The van der Waals surface area contributed by atoms with Gasteiger partial charge in [-0.1, -0.05) is 12.1 Å². The monoisotopic (exact) mass is 355 g/mol. The number of piperidine rings is 1. The Morgan fingerprint density at radius 2 is 2.08 bits per heavy atom. The lowest BCUT2D eigenvalue weighted by Crippen LogP contribution is -2.37. The second-order valence-electron chi connectivity index (χ2n) is 6.77. The van der Waals surface area contributed by atoms with E-state index in [1.54, 1.807) is 18.3 Å². The van der Waals surface area contributed by atoms with Crippen LogP contribution < -0.4 is 10.1 Å². The van der Waals surface area contributed by atoms with Gasteiger partial charge in [0.05, 0.1) is 7.11 Å². The third kappa shape index (κ3) is 4.52. The Morgan fingerprint density at radius 1 is 1.31 bits per heavy atom. The maximum absolute atomic E-state index is 12.4. The van der Waals surface area contributed by atoms with Crippen LogP contribution in [0.4, 0.5) is 5.82 Å². The van der Waals surface area contributed by atoms with Gasteiger partial charge < -0.3 is 15.2 Å². The van der Waals surface area contributed by atoms with E-state index in [0.717, 1.165) is 43.6 Å². The van der Waals surface area contributed by atoms with Crippen LogP contribution in [0.3, 0.4) is 0 Å². The Balaban J connectivity index is 1.50. The number of amides is 1. The van der Waals surface area contributed by atoms with Crippen molar-refractivity contribution in [2.24, 2.45) is 5.92 Å². The predicted molar refractivity (Wildman–Crippen MR) is 100 cm³/mol. The molecule has 2 aromatic rings. The first-order valence-corrected chi connectivity index (χ1v) is 8.87. The molecule has 0 spiro atoms. The van der Waals surface area contributed by atoms with E-state index in [1.165, 1.54) is 7.11 Å². The zero-order valence-electron chi connectivity index (χ0n) is 15.2. The molecule has 0 aliphatic carbocycles. The van der Waals surface area contributed by atoms with Crippen LogP contribution in [0.2, 0.25) is 0 Å². The van der Waals surface area contributed by atoms with Crippen molar-refractivity contribution in [3.63, 3.8) is 0 Å². The van der Waals surface area contributed by atoms with Gasteiger partial charge in [0.2, 0.25) is 5.91 Å². The number of carbonyl (C=O) groups is 1. The second-order valence-corrected chi connectivity index (χ2v) is 6.77. The fraction of sp³-hybridized carbons (Fsp3) is 0.400. The Hall–Kier alpha value is -2.60. The third-order valence-corrected chi connectivity index (χ3v) is 4.77. The Bertz CT molecular complexity index is 753. The van der Waals surface area contributed by atoms with Crippen molar-refractivity contribution in [1.82, 2.24) is 9.88 Å². The largest absolute Gasteiger partial charge is 0.504 e. The van der Waals surface area contributed by atoms with Gasteiger partial charge in [0, 0.05) is 18.7 Å². The van der Waals surface area contributed by atoms with E-state index >= 15 is 0 Å². The first-order valence-electron chi connectivity index (χ1n) is 8.87. The molecule has 138 valence electrons. The molecule has 1 aromatic carbocycles. The number of nitrogens with zero attached hydrogens (tertiary/aromatic N) is 2. The summed E-state index contributed by atoms with van der Waals surface area (Å²) in [5.74, 6) is 1.30. The van der Waals surface area contributed by atoms with Gasteiger partial charge in [-0.2, -0.15) is 0 Å². The number of rotatable bonds is 5. The van der Waals surface area contributed by atoms with Crippen LogP contribution in [0.25, 0.3) is 0 Å². The second kappa shape index (κ2) is 8.19. The first kappa shape index (κ1) is 18.2. The predicted octanol–water partition coefficient (Wildman–Crippen LogP) is 2.95. The van der Waals surface area contributed by atoms with E-state index in [4.69, 9.17) is 4.74 Å². The van der Waals surface area contributed by atoms with Gasteiger partial charge in [0.1, 0.15) is 5.82 Å². The third-order valence-electron chi connectivity index (χ3n) is 4.77. The molecule has 6 heteroatoms. The maximum atomic E-state index is 12.4. The molecule has 0 bridgehead atoms. The number of methoxy groups -OCH3 is 1. The van der Waals surface area contributed by atoms with Crippen molar-refractivity contribution in [3.8, 4) is 11.5 Å². The normalized spacial score (nSPS) is 15.6. The quantitative estimate of drug-likeness (QED) is 0.862. The first-order chi connectivity index (χ1) is 12.5. The molecule has 2 heterocycles. The number of carbonyl (C=O) groups excluding carboxylic acids is 1. The standard InChI is InChI=1S/C20H25N3O3/c1-14-3-6-19(21-12-14)22-20(25)16-7-9-23(10-8-16)13-15-4-5-18(26-2)17(24)11-15/h3-6,11-12,16,24H,7-10,13H2,1-2H3,(H,21,22,25). The molecule has 26 heavy (non-hydrogen) atoms. The molecule has 1 aliphatic rings. The van der Waals surface area contributed by atoms with E-state index < -0.39 is 0 Å². The number of phenols is 1. The van der Waals surface area contributed by atoms with Gasteiger partial charge >= 0.3 is 0 Å². The van der Waals surface area contributed by atoms with Crippen LogP contribution >= 0.6 is 0 Å². The lowest BCUT2D eigenvalue weighted by molar-refractivity contribution is -0.121. The van der Waals surface area contributed by atoms with Crippen LogP contribution in [-0.4, -0.2) is 41.1 Å². The van der Waals surface area contributed by atoms with Crippen LogP contribution in [-0.2, 0) is 11.3 Å². The molecular weight excluding hydrogens is 330 g/mol. The Morgan fingerprint density at radius 3 is 2.69 bits per heavy atom. The van der Waals surface area contributed by atoms with E-state index in [1.807, 2.05) is 25.1 Å². The summed E-state index contributed by atoms with van der Waals surface area (Å²) < 4.78 is 5.07. The molecule has 1 aliphatic heterocycles. The van der Waals surface area contributed by atoms with Crippen LogP contribution in [0, 0.1) is 12.8 Å². The van der Waals surface area contributed by atoms with Gasteiger partial charge in [-0.05, 0) is 62.2 Å². The minimum atomic E-state index is 0.0126. The number of pyridine rings is 1. The number of hydrogen-bond donors (Lipinski definition) is 2. The van der Waals surface area contributed by atoms with Gasteiger partial charge in [0.15, 0.2) is 11.5 Å². The topological polar surface area (TPSA) is 74.7 Å². The summed E-state index contributed by atoms with van der Waals surface area (Å²) in [7, 11) is 1.54. The number of likely N-dealkylation sites (tertiary alicyclic amines) is 1. The molecule has 0 atom stereocenters. The Kier molecular flexibility index (Phi) is 5.73. The number of anilines is 1. The summed E-state index contributed by atoms with van der Waals surface area (Å²) in [6.45, 7) is 4.43. The van der Waals surface area contributed by atoms with Crippen molar-refractivity contribution in [1.29, 1.82) is 0 Å². The lowest BCUT2D eigenvalue weighted by Gasteiger charge is -2.31. The zero-order valence-corrected chi connectivity index (χ0v) is 15.2. The average Bonchev–Trinajstić information content (AvgIpc) is 2.64. The molecule has 1 aromatic heterocycles. The smallest absolute Gasteiger partial charge is 0.228 e. The van der Waals surface area contributed by atoms with E-state index in [0.29, 0.717) is 11.6 Å². The molecule has 0 saturated carbocycles. The summed E-state index contributed by atoms with van der Waals surface area (Å²) in [5.41, 5.74) is 2.11. The number of aromatic hydroxyl groups is 1. The number of aryl methyl sites for hydroxylation is 1. The molecular formula is C20H25N3O3. The number of aromatic nitrogens is 1. The molecule has 2 N–H and O–H groups in total. The van der Waals surface area contributed by atoms with Crippen LogP contribution in [0.15, 0.2) is 36.5 Å². The molecule has 1 fully saturated rings.